The highest BCUT2D eigenvalue weighted by molar-refractivity contribution is 6.19. The summed E-state index contributed by atoms with van der Waals surface area (Å²) in [6, 6.07) is 51.2. The van der Waals surface area contributed by atoms with Gasteiger partial charge in [-0.3, -0.25) is 4.99 Å². The molecule has 5 aromatic rings. The van der Waals surface area contributed by atoms with E-state index in [1.165, 1.54) is 33.4 Å². The third-order valence-corrected chi connectivity index (χ3v) is 6.56. The first kappa shape index (κ1) is 21.1. The monoisotopic (exact) mass is 447 g/mol. The van der Waals surface area contributed by atoms with E-state index in [-0.39, 0.29) is 6.04 Å². The fourth-order valence-corrected chi connectivity index (χ4v) is 4.99. The van der Waals surface area contributed by atoms with E-state index in [2.05, 4.69) is 146 Å². The maximum Gasteiger partial charge on any atom is 0.102 e. The Balaban J connectivity index is 1.76. The highest BCUT2D eigenvalue weighted by atomic mass is 14.8. The van der Waals surface area contributed by atoms with Gasteiger partial charge in [-0.2, -0.15) is 0 Å². The third kappa shape index (κ3) is 4.02. The molecule has 1 nitrogen and oxygen atoms in total. The number of aliphatic imine (C=N–C) groups is 1. The van der Waals surface area contributed by atoms with Gasteiger partial charge in [0.15, 0.2) is 0 Å². The van der Waals surface area contributed by atoms with E-state index in [4.69, 9.17) is 4.99 Å². The smallest absolute Gasteiger partial charge is 0.102 e. The van der Waals surface area contributed by atoms with Crippen LogP contribution in [0.15, 0.2) is 151 Å². The van der Waals surface area contributed by atoms with Gasteiger partial charge in [-0.1, -0.05) is 146 Å². The molecule has 6 rings (SSSR count). The van der Waals surface area contributed by atoms with Crippen molar-refractivity contribution < 1.29 is 0 Å². The topological polar surface area (TPSA) is 12.4 Å². The van der Waals surface area contributed by atoms with Crippen LogP contribution in [0.1, 0.15) is 39.4 Å². The Morgan fingerprint density at radius 1 is 0.400 bits per heavy atom. The maximum atomic E-state index is 5.55. The molecule has 35 heavy (non-hydrogen) atoms. The number of fused-ring (bicyclic) bond motifs is 1. The van der Waals surface area contributed by atoms with Gasteiger partial charge in [0.05, 0.1) is 5.71 Å². The minimum atomic E-state index is -0.156. The van der Waals surface area contributed by atoms with Crippen LogP contribution in [0.5, 0.6) is 0 Å². The Kier molecular flexibility index (Phi) is 5.66. The molecule has 0 N–H and O–H groups in total. The van der Waals surface area contributed by atoms with Gasteiger partial charge < -0.3 is 0 Å². The van der Waals surface area contributed by atoms with Crippen molar-refractivity contribution in [3.05, 3.63) is 179 Å². The van der Waals surface area contributed by atoms with Crippen LogP contribution in [-0.4, -0.2) is 5.71 Å². The Morgan fingerprint density at radius 3 is 1.46 bits per heavy atom. The Morgan fingerprint density at radius 2 is 0.857 bits per heavy atom. The molecule has 0 radical (unpaired) electrons. The molecule has 166 valence electrons. The maximum absolute atomic E-state index is 5.55. The van der Waals surface area contributed by atoms with Crippen LogP contribution in [0.3, 0.4) is 0 Å². The van der Waals surface area contributed by atoms with Gasteiger partial charge in [-0.05, 0) is 33.4 Å². The quantitative estimate of drug-likeness (QED) is 0.263. The van der Waals surface area contributed by atoms with Gasteiger partial charge in [0.25, 0.3) is 0 Å². The highest BCUT2D eigenvalue weighted by Crippen LogP contribution is 2.45. The van der Waals surface area contributed by atoms with E-state index >= 15 is 0 Å². The molecule has 5 aromatic carbocycles. The van der Waals surface area contributed by atoms with Gasteiger partial charge in [0.2, 0.25) is 0 Å². The number of nitrogens with zero attached hydrogens (tertiary/aromatic N) is 1. The first-order chi connectivity index (χ1) is 17.4. The number of benzene rings is 5. The molecule has 0 fully saturated rings. The molecule has 0 amide bonds. The summed E-state index contributed by atoms with van der Waals surface area (Å²) in [5.74, 6) is 0. The number of rotatable bonds is 4. The molecule has 0 spiro atoms. The summed E-state index contributed by atoms with van der Waals surface area (Å²) in [5, 5.41) is 0. The van der Waals surface area contributed by atoms with E-state index in [0.717, 1.165) is 16.8 Å². The van der Waals surface area contributed by atoms with Crippen molar-refractivity contribution in [2.75, 3.05) is 0 Å². The molecule has 0 aromatic heterocycles. The summed E-state index contributed by atoms with van der Waals surface area (Å²) in [6.07, 6.45) is 0. The summed E-state index contributed by atoms with van der Waals surface area (Å²) in [5.41, 5.74) is 10.5. The van der Waals surface area contributed by atoms with Crippen molar-refractivity contribution in [2.45, 2.75) is 6.04 Å². The lowest BCUT2D eigenvalue weighted by Crippen LogP contribution is -2.07. The van der Waals surface area contributed by atoms with Crippen LogP contribution in [0.4, 0.5) is 0 Å². The molecule has 1 aliphatic heterocycles. The number of hydrogen-bond acceptors (Lipinski definition) is 1. The van der Waals surface area contributed by atoms with Crippen LogP contribution in [-0.2, 0) is 0 Å². The SMILES string of the molecule is c1ccc(C2=NC(c3ccccc3)C(c3ccccc3)=C(c3ccccc3)c3ccccc32)cc1. The molecule has 0 bridgehead atoms. The van der Waals surface area contributed by atoms with Crippen LogP contribution >= 0.6 is 0 Å². The summed E-state index contributed by atoms with van der Waals surface area (Å²) in [4.78, 5) is 5.55. The third-order valence-electron chi connectivity index (χ3n) is 6.56. The summed E-state index contributed by atoms with van der Waals surface area (Å²) in [6.45, 7) is 0. The van der Waals surface area contributed by atoms with E-state index in [1.807, 2.05) is 0 Å². The lowest BCUT2D eigenvalue weighted by Gasteiger charge is -2.22. The second-order valence-corrected chi connectivity index (χ2v) is 8.72. The molecule has 0 aliphatic carbocycles. The summed E-state index contributed by atoms with van der Waals surface area (Å²) in [7, 11) is 0. The average molecular weight is 448 g/mol. The first-order valence-corrected chi connectivity index (χ1v) is 12.0. The Bertz CT molecular complexity index is 1500. The minimum Gasteiger partial charge on any atom is -0.271 e. The second-order valence-electron chi connectivity index (χ2n) is 8.72. The minimum absolute atomic E-state index is 0.156. The van der Waals surface area contributed by atoms with Gasteiger partial charge >= 0.3 is 0 Å². The Labute approximate surface area is 206 Å². The van der Waals surface area contributed by atoms with Crippen molar-refractivity contribution >= 4 is 16.9 Å². The van der Waals surface area contributed by atoms with Gasteiger partial charge in [-0.25, -0.2) is 0 Å². The molecule has 1 unspecified atom stereocenters. The van der Waals surface area contributed by atoms with Crippen LogP contribution < -0.4 is 0 Å². The fourth-order valence-electron chi connectivity index (χ4n) is 4.99. The summed E-state index contributed by atoms with van der Waals surface area (Å²) < 4.78 is 0. The molecule has 1 heterocycles. The zero-order chi connectivity index (χ0) is 23.5. The lowest BCUT2D eigenvalue weighted by atomic mass is 9.83. The zero-order valence-corrected chi connectivity index (χ0v) is 19.4. The largest absolute Gasteiger partial charge is 0.271 e. The number of hydrogen-bond donors (Lipinski definition) is 0. The van der Waals surface area contributed by atoms with E-state index in [0.29, 0.717) is 0 Å². The van der Waals surface area contributed by atoms with Crippen molar-refractivity contribution in [3.63, 3.8) is 0 Å². The van der Waals surface area contributed by atoms with Gasteiger partial charge in [-0.15, -0.1) is 0 Å². The highest BCUT2D eigenvalue weighted by Gasteiger charge is 2.29. The van der Waals surface area contributed by atoms with Crippen molar-refractivity contribution in [1.82, 2.24) is 0 Å². The molecule has 1 aliphatic rings. The lowest BCUT2D eigenvalue weighted by molar-refractivity contribution is 0.937. The first-order valence-electron chi connectivity index (χ1n) is 12.0. The molecule has 0 saturated heterocycles. The molecular formula is C34H25N. The van der Waals surface area contributed by atoms with E-state index < -0.39 is 0 Å². The average Bonchev–Trinajstić information content (AvgIpc) is 3.10. The van der Waals surface area contributed by atoms with E-state index in [9.17, 15) is 0 Å². The Hall–Kier alpha value is -4.49. The molecule has 1 atom stereocenters. The molecular weight excluding hydrogens is 422 g/mol. The van der Waals surface area contributed by atoms with E-state index in [1.54, 1.807) is 0 Å². The van der Waals surface area contributed by atoms with Crippen LogP contribution in [0, 0.1) is 0 Å². The fraction of sp³-hybridized carbons (Fsp3) is 0.0294. The van der Waals surface area contributed by atoms with Crippen molar-refractivity contribution in [3.8, 4) is 0 Å². The predicted octanol–water partition coefficient (Wildman–Crippen LogP) is 8.24. The zero-order valence-electron chi connectivity index (χ0n) is 19.4. The molecule has 1 heteroatoms. The van der Waals surface area contributed by atoms with Gasteiger partial charge in [0, 0.05) is 11.1 Å². The van der Waals surface area contributed by atoms with Crippen molar-refractivity contribution in [1.29, 1.82) is 0 Å². The van der Waals surface area contributed by atoms with Gasteiger partial charge in [0.1, 0.15) is 6.04 Å². The van der Waals surface area contributed by atoms with Crippen molar-refractivity contribution in [2.24, 2.45) is 4.99 Å². The van der Waals surface area contributed by atoms with Crippen LogP contribution in [0.25, 0.3) is 11.1 Å². The normalized spacial score (nSPS) is 15.2. The second kappa shape index (κ2) is 9.40. The molecule has 0 saturated carbocycles. The van der Waals surface area contributed by atoms with Crippen LogP contribution in [0.2, 0.25) is 0 Å². The summed E-state index contributed by atoms with van der Waals surface area (Å²) >= 11 is 0. The standard InChI is InChI=1S/C34H25N/c1-5-15-25(16-6-1)31-29-23-13-14-24-30(29)33(27-19-9-3-10-20-27)35-34(28-21-11-4-12-22-28)32(31)26-17-7-2-8-18-26/h1-24,34H. The predicted molar refractivity (Wildman–Crippen MR) is 147 cm³/mol.